The quantitative estimate of drug-likeness (QED) is 0.853. The van der Waals surface area contributed by atoms with Crippen molar-refractivity contribution in [3.8, 4) is 0 Å². The molecule has 25 heavy (non-hydrogen) atoms. The van der Waals surface area contributed by atoms with Crippen LogP contribution in [-0.2, 0) is 4.79 Å². The van der Waals surface area contributed by atoms with Crippen LogP contribution in [0.2, 0.25) is 0 Å². The largest absolute Gasteiger partial charge is 0.368 e. The lowest BCUT2D eigenvalue weighted by Gasteiger charge is -2.37. The van der Waals surface area contributed by atoms with E-state index in [0.717, 1.165) is 32.6 Å². The second-order valence-electron chi connectivity index (χ2n) is 7.39. The molecule has 1 aliphatic carbocycles. The van der Waals surface area contributed by atoms with Crippen molar-refractivity contribution in [1.29, 1.82) is 0 Å². The minimum Gasteiger partial charge on any atom is -0.368 e. The predicted octanol–water partition coefficient (Wildman–Crippen LogP) is 3.76. The first kappa shape index (κ1) is 16.2. The van der Waals surface area contributed by atoms with Gasteiger partial charge >= 0.3 is 0 Å². The second-order valence-corrected chi connectivity index (χ2v) is 7.39. The molecule has 0 bridgehead atoms. The molecule has 0 N–H and O–H groups in total. The lowest BCUT2D eigenvalue weighted by molar-refractivity contribution is -0.132. The summed E-state index contributed by atoms with van der Waals surface area (Å²) in [6, 6.07) is 17.0. The third kappa shape index (κ3) is 3.15. The molecule has 1 aliphatic heterocycles. The van der Waals surface area contributed by atoms with Crippen molar-refractivity contribution in [2.75, 3.05) is 31.1 Å². The van der Waals surface area contributed by atoms with Crippen molar-refractivity contribution in [2.24, 2.45) is 5.92 Å². The molecular weight excluding hydrogens is 308 g/mol. The molecule has 1 saturated heterocycles. The Labute approximate surface area is 150 Å². The number of hydrogen-bond donors (Lipinski definition) is 0. The van der Waals surface area contributed by atoms with E-state index in [1.165, 1.54) is 22.4 Å². The number of aryl methyl sites for hydroxylation is 1. The molecule has 2 aromatic rings. The van der Waals surface area contributed by atoms with Crippen molar-refractivity contribution in [1.82, 2.24) is 4.90 Å². The van der Waals surface area contributed by atoms with Gasteiger partial charge in [0.15, 0.2) is 0 Å². The summed E-state index contributed by atoms with van der Waals surface area (Å²) in [5.74, 6) is 0.995. The van der Waals surface area contributed by atoms with Gasteiger partial charge in [0, 0.05) is 37.8 Å². The zero-order valence-electron chi connectivity index (χ0n) is 15.1. The Morgan fingerprint density at radius 3 is 2.36 bits per heavy atom. The summed E-state index contributed by atoms with van der Waals surface area (Å²) in [5, 5.41) is 0. The molecule has 2 aromatic carbocycles. The van der Waals surface area contributed by atoms with Gasteiger partial charge in [0.25, 0.3) is 0 Å². The highest BCUT2D eigenvalue weighted by molar-refractivity contribution is 5.83. The summed E-state index contributed by atoms with van der Waals surface area (Å²) in [6.07, 6.45) is 1.01. The molecule has 0 aromatic heterocycles. The molecule has 0 unspecified atom stereocenters. The summed E-state index contributed by atoms with van der Waals surface area (Å²) in [6.45, 7) is 7.89. The van der Waals surface area contributed by atoms with Crippen molar-refractivity contribution in [3.63, 3.8) is 0 Å². The summed E-state index contributed by atoms with van der Waals surface area (Å²) < 4.78 is 0. The monoisotopic (exact) mass is 334 g/mol. The molecule has 2 atom stereocenters. The maximum absolute atomic E-state index is 12.8. The normalized spacial score (nSPS) is 22.8. The van der Waals surface area contributed by atoms with Crippen LogP contribution in [0.15, 0.2) is 48.5 Å². The maximum atomic E-state index is 12.8. The van der Waals surface area contributed by atoms with Crippen LogP contribution in [-0.4, -0.2) is 37.0 Å². The number of amides is 1. The summed E-state index contributed by atoms with van der Waals surface area (Å²) in [7, 11) is 0. The first-order valence-electron chi connectivity index (χ1n) is 9.30. The van der Waals surface area contributed by atoms with Crippen molar-refractivity contribution in [2.45, 2.75) is 26.2 Å². The van der Waals surface area contributed by atoms with E-state index >= 15 is 0 Å². The molecule has 1 amide bonds. The number of carbonyl (C=O) groups excluding carboxylic acids is 1. The van der Waals surface area contributed by atoms with E-state index in [0.29, 0.717) is 11.8 Å². The fraction of sp³-hybridized carbons (Fsp3) is 0.409. The van der Waals surface area contributed by atoms with Gasteiger partial charge in [0.2, 0.25) is 5.91 Å². The molecule has 2 fully saturated rings. The van der Waals surface area contributed by atoms with E-state index in [2.05, 4.69) is 66.1 Å². The van der Waals surface area contributed by atoms with Crippen molar-refractivity contribution >= 4 is 11.6 Å². The van der Waals surface area contributed by atoms with Gasteiger partial charge in [-0.3, -0.25) is 4.79 Å². The van der Waals surface area contributed by atoms with Crippen molar-refractivity contribution in [3.05, 3.63) is 65.2 Å². The number of rotatable bonds is 3. The lowest BCUT2D eigenvalue weighted by atomic mass is 10.1. The van der Waals surface area contributed by atoms with Gasteiger partial charge in [-0.15, -0.1) is 0 Å². The maximum Gasteiger partial charge on any atom is 0.226 e. The standard InChI is InChI=1S/C22H26N2O/c1-16-7-6-10-21(17(16)2)23-11-13-24(14-12-23)22(25)20-15-19(20)18-8-4-3-5-9-18/h3-10,19-20H,11-15H2,1-2H3/t19-,20-/m1/s1. The lowest BCUT2D eigenvalue weighted by Crippen LogP contribution is -2.49. The van der Waals surface area contributed by atoms with Crippen LogP contribution in [0.25, 0.3) is 0 Å². The van der Waals surface area contributed by atoms with Crippen LogP contribution in [0.1, 0.15) is 29.0 Å². The Morgan fingerprint density at radius 2 is 1.64 bits per heavy atom. The van der Waals surface area contributed by atoms with Crippen LogP contribution >= 0.6 is 0 Å². The molecule has 1 saturated carbocycles. The molecule has 130 valence electrons. The van der Waals surface area contributed by atoms with Gasteiger partial charge in [0.05, 0.1) is 0 Å². The van der Waals surface area contributed by atoms with Gasteiger partial charge in [-0.25, -0.2) is 0 Å². The van der Waals surface area contributed by atoms with Crippen LogP contribution in [0.4, 0.5) is 5.69 Å². The van der Waals surface area contributed by atoms with E-state index in [9.17, 15) is 4.79 Å². The van der Waals surface area contributed by atoms with Crippen LogP contribution in [0.5, 0.6) is 0 Å². The number of nitrogens with zero attached hydrogens (tertiary/aromatic N) is 2. The molecule has 0 spiro atoms. The van der Waals surface area contributed by atoms with Crippen LogP contribution in [0.3, 0.4) is 0 Å². The first-order chi connectivity index (χ1) is 12.1. The van der Waals surface area contributed by atoms with Crippen LogP contribution in [0, 0.1) is 19.8 Å². The average molecular weight is 334 g/mol. The van der Waals surface area contributed by atoms with Gasteiger partial charge in [-0.05, 0) is 48.9 Å². The van der Waals surface area contributed by atoms with E-state index in [4.69, 9.17) is 0 Å². The smallest absolute Gasteiger partial charge is 0.226 e. The Hall–Kier alpha value is -2.29. The highest BCUT2D eigenvalue weighted by Gasteiger charge is 2.45. The Bertz CT molecular complexity index is 763. The first-order valence-corrected chi connectivity index (χ1v) is 9.30. The number of hydrogen-bond acceptors (Lipinski definition) is 2. The zero-order valence-corrected chi connectivity index (χ0v) is 15.1. The van der Waals surface area contributed by atoms with Crippen molar-refractivity contribution < 1.29 is 4.79 Å². The molecule has 0 radical (unpaired) electrons. The van der Waals surface area contributed by atoms with Gasteiger partial charge < -0.3 is 9.80 Å². The number of benzene rings is 2. The number of carbonyl (C=O) groups is 1. The molecule has 4 rings (SSSR count). The molecule has 3 nitrogen and oxygen atoms in total. The minimum absolute atomic E-state index is 0.203. The third-order valence-electron chi connectivity index (χ3n) is 5.84. The fourth-order valence-corrected chi connectivity index (χ4v) is 4.02. The van der Waals surface area contributed by atoms with Gasteiger partial charge in [-0.1, -0.05) is 42.5 Å². The van der Waals surface area contributed by atoms with Gasteiger partial charge in [0.1, 0.15) is 0 Å². The highest BCUT2D eigenvalue weighted by Crippen LogP contribution is 2.48. The molecule has 1 heterocycles. The predicted molar refractivity (Wildman–Crippen MR) is 102 cm³/mol. The van der Waals surface area contributed by atoms with Gasteiger partial charge in [-0.2, -0.15) is 0 Å². The van der Waals surface area contributed by atoms with E-state index in [1.807, 2.05) is 6.07 Å². The summed E-state index contributed by atoms with van der Waals surface area (Å²) in [4.78, 5) is 17.3. The summed E-state index contributed by atoms with van der Waals surface area (Å²) >= 11 is 0. The topological polar surface area (TPSA) is 23.6 Å². The average Bonchev–Trinajstić information content (AvgIpc) is 3.45. The molecule has 3 heteroatoms. The van der Waals surface area contributed by atoms with Crippen LogP contribution < -0.4 is 4.90 Å². The van der Waals surface area contributed by atoms with E-state index in [-0.39, 0.29) is 5.92 Å². The zero-order chi connectivity index (χ0) is 17.4. The Balaban J connectivity index is 1.36. The Morgan fingerprint density at radius 1 is 0.920 bits per heavy atom. The fourth-order valence-electron chi connectivity index (χ4n) is 4.02. The Kier molecular flexibility index (Phi) is 4.24. The number of anilines is 1. The third-order valence-corrected chi connectivity index (χ3v) is 5.84. The minimum atomic E-state index is 0.203. The highest BCUT2D eigenvalue weighted by atomic mass is 16.2. The number of piperazine rings is 1. The van der Waals surface area contributed by atoms with E-state index < -0.39 is 0 Å². The molecular formula is C22H26N2O. The SMILES string of the molecule is Cc1cccc(N2CCN(C(=O)[C@@H]3C[C@@H]3c3ccccc3)CC2)c1C. The molecule has 2 aliphatic rings. The van der Waals surface area contributed by atoms with E-state index in [1.54, 1.807) is 0 Å². The second kappa shape index (κ2) is 6.55. The summed E-state index contributed by atoms with van der Waals surface area (Å²) in [5.41, 5.74) is 5.32.